The molecule has 2 aliphatic rings. The van der Waals surface area contributed by atoms with Crippen molar-refractivity contribution in [3.63, 3.8) is 0 Å². The molecule has 0 aromatic heterocycles. The fourth-order valence-corrected chi connectivity index (χ4v) is 2.53. The average Bonchev–Trinajstić information content (AvgIpc) is 2.17. The van der Waals surface area contributed by atoms with Crippen molar-refractivity contribution in [1.29, 1.82) is 0 Å². The highest BCUT2D eigenvalue weighted by molar-refractivity contribution is 5.00. The number of hydrogen-bond acceptors (Lipinski definition) is 2. The minimum Gasteiger partial charge on any atom is -0.375 e. The molecule has 0 bridgehead atoms. The van der Waals surface area contributed by atoms with E-state index in [0.717, 1.165) is 25.5 Å². The van der Waals surface area contributed by atoms with E-state index in [4.69, 9.17) is 10.5 Å². The molecule has 1 spiro atoms. The lowest BCUT2D eigenvalue weighted by Gasteiger charge is -2.46. The van der Waals surface area contributed by atoms with Crippen molar-refractivity contribution in [2.24, 2.45) is 11.7 Å². The summed E-state index contributed by atoms with van der Waals surface area (Å²) in [6, 6.07) is 0. The van der Waals surface area contributed by atoms with Crippen molar-refractivity contribution in [2.45, 2.75) is 44.1 Å². The first-order chi connectivity index (χ1) is 6.85. The van der Waals surface area contributed by atoms with Gasteiger partial charge in [-0.2, -0.15) is 0 Å². The van der Waals surface area contributed by atoms with Crippen LogP contribution in [0.15, 0.2) is 12.2 Å². The topological polar surface area (TPSA) is 35.2 Å². The quantitative estimate of drug-likeness (QED) is 0.701. The minimum atomic E-state index is 0.288. The highest BCUT2D eigenvalue weighted by atomic mass is 16.5. The zero-order chi connectivity index (χ0) is 9.86. The Bertz CT molecular complexity index is 208. The van der Waals surface area contributed by atoms with Crippen LogP contribution < -0.4 is 5.73 Å². The lowest BCUT2D eigenvalue weighted by Crippen LogP contribution is -2.45. The van der Waals surface area contributed by atoms with Gasteiger partial charge in [-0.05, 0) is 51.0 Å². The first kappa shape index (κ1) is 10.2. The van der Waals surface area contributed by atoms with E-state index in [1.807, 2.05) is 0 Å². The Morgan fingerprint density at radius 2 is 2.29 bits per heavy atom. The highest BCUT2D eigenvalue weighted by Gasteiger charge is 2.41. The Labute approximate surface area is 86.5 Å². The van der Waals surface area contributed by atoms with Gasteiger partial charge in [0.25, 0.3) is 0 Å². The summed E-state index contributed by atoms with van der Waals surface area (Å²) in [6.07, 6.45) is 12.0. The van der Waals surface area contributed by atoms with Gasteiger partial charge in [-0.15, -0.1) is 0 Å². The molecule has 2 fully saturated rings. The summed E-state index contributed by atoms with van der Waals surface area (Å²) in [5, 5.41) is 0. The van der Waals surface area contributed by atoms with Crippen molar-refractivity contribution < 1.29 is 4.74 Å². The van der Waals surface area contributed by atoms with E-state index in [0.29, 0.717) is 0 Å². The number of hydrogen-bond donors (Lipinski definition) is 1. The monoisotopic (exact) mass is 195 g/mol. The van der Waals surface area contributed by atoms with Gasteiger partial charge in [0.2, 0.25) is 0 Å². The standard InChI is InChI=1S/C12H21NO/c13-8-2-1-4-11-5-9-14-12(10-11)6-3-7-12/h1,4,11H,2-3,5-10,13H2. The first-order valence-corrected chi connectivity index (χ1v) is 5.85. The molecule has 14 heavy (non-hydrogen) atoms. The third-order valence-electron chi connectivity index (χ3n) is 3.54. The SMILES string of the molecule is NCCC=CC1CCOC2(CCC2)C1. The number of ether oxygens (including phenoxy) is 1. The summed E-state index contributed by atoms with van der Waals surface area (Å²) in [5.41, 5.74) is 5.75. The zero-order valence-electron chi connectivity index (χ0n) is 8.87. The molecule has 0 aromatic carbocycles. The largest absolute Gasteiger partial charge is 0.375 e. The van der Waals surface area contributed by atoms with Crippen LogP contribution in [0.5, 0.6) is 0 Å². The molecule has 0 amide bonds. The Morgan fingerprint density at radius 3 is 2.93 bits per heavy atom. The van der Waals surface area contributed by atoms with Crippen LogP contribution in [0.1, 0.15) is 38.5 Å². The summed E-state index contributed by atoms with van der Waals surface area (Å²) >= 11 is 0. The second-order valence-electron chi connectivity index (χ2n) is 4.64. The van der Waals surface area contributed by atoms with E-state index in [-0.39, 0.29) is 5.60 Å². The molecule has 1 aliphatic heterocycles. The molecule has 1 atom stereocenters. The van der Waals surface area contributed by atoms with Crippen molar-refractivity contribution >= 4 is 0 Å². The zero-order valence-corrected chi connectivity index (χ0v) is 8.87. The van der Waals surface area contributed by atoms with Crippen molar-refractivity contribution in [3.8, 4) is 0 Å². The van der Waals surface area contributed by atoms with E-state index < -0.39 is 0 Å². The van der Waals surface area contributed by atoms with Gasteiger partial charge in [0, 0.05) is 6.61 Å². The Hall–Kier alpha value is -0.340. The van der Waals surface area contributed by atoms with Crippen molar-refractivity contribution in [3.05, 3.63) is 12.2 Å². The van der Waals surface area contributed by atoms with Crippen LogP contribution in [0, 0.1) is 5.92 Å². The van der Waals surface area contributed by atoms with Crippen LogP contribution in [0.2, 0.25) is 0 Å². The maximum absolute atomic E-state index is 5.88. The van der Waals surface area contributed by atoms with Gasteiger partial charge in [-0.3, -0.25) is 0 Å². The number of rotatable bonds is 3. The third-order valence-corrected chi connectivity index (χ3v) is 3.54. The fraction of sp³-hybridized carbons (Fsp3) is 0.833. The summed E-state index contributed by atoms with van der Waals surface area (Å²) in [5.74, 6) is 0.746. The number of nitrogens with two attached hydrogens (primary N) is 1. The molecule has 2 heteroatoms. The molecular weight excluding hydrogens is 174 g/mol. The predicted molar refractivity (Wildman–Crippen MR) is 58.1 cm³/mol. The molecule has 1 saturated carbocycles. The van der Waals surface area contributed by atoms with Gasteiger partial charge in [0.1, 0.15) is 0 Å². The van der Waals surface area contributed by atoms with Crippen LogP contribution in [0.4, 0.5) is 0 Å². The van der Waals surface area contributed by atoms with E-state index >= 15 is 0 Å². The molecule has 2 nitrogen and oxygen atoms in total. The molecule has 0 radical (unpaired) electrons. The average molecular weight is 195 g/mol. The summed E-state index contributed by atoms with van der Waals surface area (Å²) in [7, 11) is 0. The second kappa shape index (κ2) is 4.45. The molecule has 0 aromatic rings. The molecule has 80 valence electrons. The van der Waals surface area contributed by atoms with E-state index in [1.165, 1.54) is 32.1 Å². The predicted octanol–water partition coefficient (Wildman–Crippen LogP) is 2.24. The minimum absolute atomic E-state index is 0.288. The van der Waals surface area contributed by atoms with E-state index in [2.05, 4.69) is 12.2 Å². The van der Waals surface area contributed by atoms with Gasteiger partial charge < -0.3 is 10.5 Å². The maximum Gasteiger partial charge on any atom is 0.0688 e. The fourth-order valence-electron chi connectivity index (χ4n) is 2.53. The van der Waals surface area contributed by atoms with Gasteiger partial charge >= 0.3 is 0 Å². The molecule has 1 unspecified atom stereocenters. The molecule has 1 aliphatic carbocycles. The molecule has 2 N–H and O–H groups in total. The van der Waals surface area contributed by atoms with E-state index in [9.17, 15) is 0 Å². The van der Waals surface area contributed by atoms with Crippen LogP contribution in [0.3, 0.4) is 0 Å². The summed E-state index contributed by atoms with van der Waals surface area (Å²) in [4.78, 5) is 0. The maximum atomic E-state index is 5.88. The molecule has 2 rings (SSSR count). The smallest absolute Gasteiger partial charge is 0.0688 e. The van der Waals surface area contributed by atoms with Gasteiger partial charge in [0.15, 0.2) is 0 Å². The van der Waals surface area contributed by atoms with E-state index in [1.54, 1.807) is 0 Å². The van der Waals surface area contributed by atoms with Gasteiger partial charge in [-0.25, -0.2) is 0 Å². The highest BCUT2D eigenvalue weighted by Crippen LogP contribution is 2.44. The van der Waals surface area contributed by atoms with Crippen molar-refractivity contribution in [1.82, 2.24) is 0 Å². The third kappa shape index (κ3) is 2.18. The summed E-state index contributed by atoms with van der Waals surface area (Å²) < 4.78 is 5.88. The first-order valence-electron chi connectivity index (χ1n) is 5.85. The van der Waals surface area contributed by atoms with Crippen LogP contribution in [0.25, 0.3) is 0 Å². The van der Waals surface area contributed by atoms with Gasteiger partial charge in [0.05, 0.1) is 5.60 Å². The van der Waals surface area contributed by atoms with Crippen molar-refractivity contribution in [2.75, 3.05) is 13.2 Å². The lowest BCUT2D eigenvalue weighted by atomic mass is 9.72. The van der Waals surface area contributed by atoms with Crippen LogP contribution in [-0.4, -0.2) is 18.8 Å². The molecular formula is C12H21NO. The molecule has 1 heterocycles. The second-order valence-corrected chi connectivity index (χ2v) is 4.64. The van der Waals surface area contributed by atoms with Crippen LogP contribution in [-0.2, 0) is 4.74 Å². The normalized spacial score (nSPS) is 30.8. The Kier molecular flexibility index (Phi) is 3.24. The number of allylic oxidation sites excluding steroid dienone is 1. The molecule has 1 saturated heterocycles. The van der Waals surface area contributed by atoms with Gasteiger partial charge in [-0.1, -0.05) is 12.2 Å². The summed E-state index contributed by atoms with van der Waals surface area (Å²) in [6.45, 7) is 1.72. The lowest BCUT2D eigenvalue weighted by molar-refractivity contribution is -0.137. The Morgan fingerprint density at radius 1 is 1.43 bits per heavy atom. The van der Waals surface area contributed by atoms with Crippen LogP contribution >= 0.6 is 0 Å². The Balaban J connectivity index is 1.81.